The zero-order valence-electron chi connectivity index (χ0n) is 15.0. The Morgan fingerprint density at radius 1 is 1.32 bits per heavy atom. The van der Waals surface area contributed by atoms with Crippen LogP contribution in [-0.2, 0) is 9.53 Å². The summed E-state index contributed by atoms with van der Waals surface area (Å²) in [5, 5.41) is 5.20. The molecule has 10 heteroatoms. The molecule has 148 valence electrons. The Morgan fingerprint density at radius 2 is 2.04 bits per heavy atom. The standard InChI is InChI=1S/C18H18F2N4O4/c1-9(25)21-6-13-8-24(18(27)28-13)11-3-14(19)16(15(20)4-11)10-2-12-5-22-17(26)23(12)7-10/h2-4,12-13H,5-8H2,1H3,(H,21,25)(H,22,26)/t12?,13-/m0/s1. The molecular formula is C18H18F2N4O4. The van der Waals surface area contributed by atoms with Crippen LogP contribution in [0.4, 0.5) is 24.1 Å². The summed E-state index contributed by atoms with van der Waals surface area (Å²) < 4.78 is 34.6. The van der Waals surface area contributed by atoms with Crippen LogP contribution >= 0.6 is 0 Å². The van der Waals surface area contributed by atoms with Crippen molar-refractivity contribution in [2.24, 2.45) is 0 Å². The molecule has 0 bridgehead atoms. The van der Waals surface area contributed by atoms with Crippen molar-refractivity contribution in [1.82, 2.24) is 15.5 Å². The molecule has 0 radical (unpaired) electrons. The van der Waals surface area contributed by atoms with Gasteiger partial charge in [0.1, 0.15) is 17.7 Å². The van der Waals surface area contributed by atoms with Gasteiger partial charge in [-0.3, -0.25) is 9.69 Å². The van der Waals surface area contributed by atoms with Crippen LogP contribution in [0.1, 0.15) is 12.5 Å². The topological polar surface area (TPSA) is 91.0 Å². The quantitative estimate of drug-likeness (QED) is 0.806. The molecule has 3 heterocycles. The van der Waals surface area contributed by atoms with Crippen molar-refractivity contribution < 1.29 is 27.9 Å². The zero-order valence-corrected chi connectivity index (χ0v) is 15.0. The number of carbonyl (C=O) groups is 3. The molecular weight excluding hydrogens is 374 g/mol. The zero-order chi connectivity index (χ0) is 20.0. The fourth-order valence-corrected chi connectivity index (χ4v) is 3.64. The number of nitrogens with zero attached hydrogens (tertiary/aromatic N) is 2. The van der Waals surface area contributed by atoms with Gasteiger partial charge in [-0.25, -0.2) is 18.4 Å². The Labute approximate surface area is 159 Å². The normalized spacial score (nSPS) is 23.5. The van der Waals surface area contributed by atoms with Crippen molar-refractivity contribution in [1.29, 1.82) is 0 Å². The highest BCUT2D eigenvalue weighted by molar-refractivity contribution is 5.90. The summed E-state index contributed by atoms with van der Waals surface area (Å²) in [5.74, 6) is -1.91. The van der Waals surface area contributed by atoms with Crippen molar-refractivity contribution >= 4 is 29.3 Å². The Kier molecular flexibility index (Phi) is 4.40. The second-order valence-corrected chi connectivity index (χ2v) is 6.91. The van der Waals surface area contributed by atoms with Crippen LogP contribution in [-0.4, -0.2) is 61.3 Å². The van der Waals surface area contributed by atoms with Crippen molar-refractivity contribution in [2.45, 2.75) is 19.1 Å². The number of benzene rings is 1. The summed E-state index contributed by atoms with van der Waals surface area (Å²) in [6.07, 6.45) is 0.330. The summed E-state index contributed by atoms with van der Waals surface area (Å²) in [5.41, 5.74) is 0.230. The maximum atomic E-state index is 14.7. The first-order chi connectivity index (χ1) is 13.3. The van der Waals surface area contributed by atoms with E-state index in [-0.39, 0.29) is 48.9 Å². The molecule has 1 aromatic rings. The number of hydrogen-bond donors (Lipinski definition) is 2. The van der Waals surface area contributed by atoms with Gasteiger partial charge in [-0.1, -0.05) is 6.08 Å². The summed E-state index contributed by atoms with van der Waals surface area (Å²) >= 11 is 0. The van der Waals surface area contributed by atoms with Crippen LogP contribution in [0.5, 0.6) is 0 Å². The first-order valence-electron chi connectivity index (χ1n) is 8.80. The van der Waals surface area contributed by atoms with E-state index in [1.165, 1.54) is 11.8 Å². The number of hydrogen-bond acceptors (Lipinski definition) is 4. The minimum atomic E-state index is -0.819. The third-order valence-corrected chi connectivity index (χ3v) is 4.97. The lowest BCUT2D eigenvalue weighted by atomic mass is 10.0. The molecule has 0 saturated carbocycles. The minimum Gasteiger partial charge on any atom is -0.442 e. The van der Waals surface area contributed by atoms with E-state index in [4.69, 9.17) is 4.74 Å². The number of carbonyl (C=O) groups excluding carboxylic acids is 3. The molecule has 2 fully saturated rings. The molecule has 28 heavy (non-hydrogen) atoms. The van der Waals surface area contributed by atoms with Crippen LogP contribution in [0, 0.1) is 11.6 Å². The average molecular weight is 392 g/mol. The Balaban J connectivity index is 1.54. The Hall–Kier alpha value is -3.17. The predicted molar refractivity (Wildman–Crippen MR) is 94.5 cm³/mol. The fraction of sp³-hybridized carbons (Fsp3) is 0.389. The van der Waals surface area contributed by atoms with E-state index in [0.717, 1.165) is 17.0 Å². The summed E-state index contributed by atoms with van der Waals surface area (Å²) in [6.45, 7) is 2.04. The molecule has 3 aliphatic rings. The lowest BCUT2D eigenvalue weighted by Gasteiger charge is -2.17. The number of rotatable bonds is 4. The molecule has 2 saturated heterocycles. The van der Waals surface area contributed by atoms with E-state index >= 15 is 0 Å². The van der Waals surface area contributed by atoms with Crippen LogP contribution in [0.15, 0.2) is 18.2 Å². The van der Waals surface area contributed by atoms with Crippen LogP contribution in [0.3, 0.4) is 0 Å². The number of nitrogens with one attached hydrogen (secondary N) is 2. The molecule has 4 rings (SSSR count). The molecule has 4 amide bonds. The second kappa shape index (κ2) is 6.77. The highest BCUT2D eigenvalue weighted by Crippen LogP contribution is 2.33. The lowest BCUT2D eigenvalue weighted by molar-refractivity contribution is -0.119. The number of halogens is 2. The van der Waals surface area contributed by atoms with E-state index < -0.39 is 23.8 Å². The minimum absolute atomic E-state index is 0.0333. The number of ether oxygens (including phenoxy) is 1. The van der Waals surface area contributed by atoms with Gasteiger partial charge < -0.3 is 20.3 Å². The molecule has 0 aromatic heterocycles. The average Bonchev–Trinajstić information content (AvgIpc) is 3.29. The van der Waals surface area contributed by atoms with Crippen LogP contribution in [0.25, 0.3) is 5.57 Å². The maximum absolute atomic E-state index is 14.7. The van der Waals surface area contributed by atoms with Crippen molar-refractivity contribution in [3.8, 4) is 0 Å². The SMILES string of the molecule is CC(=O)NC[C@H]1CN(c2cc(F)c(C3=CC4CNC(=O)N4C3)c(F)c2)C(=O)O1. The molecule has 8 nitrogen and oxygen atoms in total. The highest BCUT2D eigenvalue weighted by atomic mass is 19.1. The lowest BCUT2D eigenvalue weighted by Crippen LogP contribution is -2.33. The molecule has 2 atom stereocenters. The summed E-state index contributed by atoms with van der Waals surface area (Å²) in [6, 6.07) is 1.66. The predicted octanol–water partition coefficient (Wildman–Crippen LogP) is 1.22. The molecule has 2 N–H and O–H groups in total. The molecule has 1 aromatic carbocycles. The number of urea groups is 1. The van der Waals surface area contributed by atoms with E-state index in [1.807, 2.05) is 0 Å². The van der Waals surface area contributed by atoms with Gasteiger partial charge in [0.05, 0.1) is 30.4 Å². The summed E-state index contributed by atoms with van der Waals surface area (Å²) in [4.78, 5) is 37.4. The van der Waals surface area contributed by atoms with Gasteiger partial charge in [-0.05, 0) is 17.7 Å². The second-order valence-electron chi connectivity index (χ2n) is 6.91. The summed E-state index contributed by atoms with van der Waals surface area (Å²) in [7, 11) is 0. The van der Waals surface area contributed by atoms with Gasteiger partial charge in [0, 0.05) is 20.0 Å². The molecule has 3 aliphatic heterocycles. The van der Waals surface area contributed by atoms with E-state index in [9.17, 15) is 23.2 Å². The number of amides is 4. The third kappa shape index (κ3) is 3.14. The van der Waals surface area contributed by atoms with Gasteiger partial charge >= 0.3 is 12.1 Å². The van der Waals surface area contributed by atoms with E-state index in [2.05, 4.69) is 10.6 Å². The Morgan fingerprint density at radius 3 is 2.68 bits per heavy atom. The van der Waals surface area contributed by atoms with E-state index in [0.29, 0.717) is 12.1 Å². The Bertz CT molecular complexity index is 881. The molecule has 0 spiro atoms. The number of fused-ring (bicyclic) bond motifs is 1. The molecule has 0 aliphatic carbocycles. The van der Waals surface area contributed by atoms with Gasteiger partial charge in [-0.2, -0.15) is 0 Å². The highest BCUT2D eigenvalue weighted by Gasteiger charge is 2.37. The molecule has 1 unspecified atom stereocenters. The largest absolute Gasteiger partial charge is 0.442 e. The van der Waals surface area contributed by atoms with Gasteiger partial charge in [-0.15, -0.1) is 0 Å². The van der Waals surface area contributed by atoms with Crippen molar-refractivity contribution in [3.05, 3.63) is 35.4 Å². The third-order valence-electron chi connectivity index (χ3n) is 4.97. The monoisotopic (exact) mass is 392 g/mol. The fourth-order valence-electron chi connectivity index (χ4n) is 3.64. The smallest absolute Gasteiger partial charge is 0.414 e. The van der Waals surface area contributed by atoms with Gasteiger partial charge in [0.15, 0.2) is 0 Å². The maximum Gasteiger partial charge on any atom is 0.414 e. The number of cyclic esters (lactones) is 1. The van der Waals surface area contributed by atoms with Crippen molar-refractivity contribution in [2.75, 3.05) is 31.1 Å². The van der Waals surface area contributed by atoms with Crippen molar-refractivity contribution in [3.63, 3.8) is 0 Å². The number of anilines is 1. The van der Waals surface area contributed by atoms with Gasteiger partial charge in [0.2, 0.25) is 5.91 Å². The van der Waals surface area contributed by atoms with Crippen LogP contribution < -0.4 is 15.5 Å². The first kappa shape index (κ1) is 18.2. The van der Waals surface area contributed by atoms with Gasteiger partial charge in [0.25, 0.3) is 0 Å². The first-order valence-corrected chi connectivity index (χ1v) is 8.80. The van der Waals surface area contributed by atoms with E-state index in [1.54, 1.807) is 6.08 Å². The van der Waals surface area contributed by atoms with Crippen LogP contribution in [0.2, 0.25) is 0 Å².